The van der Waals surface area contributed by atoms with Gasteiger partial charge in [0.05, 0.1) is 11.6 Å². The van der Waals surface area contributed by atoms with E-state index in [1.165, 1.54) is 11.9 Å². The summed E-state index contributed by atoms with van der Waals surface area (Å²) in [5.74, 6) is -0.179. The van der Waals surface area contributed by atoms with Crippen LogP contribution in [0.2, 0.25) is 0 Å². The number of hydrogen-bond donors (Lipinski definition) is 0. The zero-order valence-corrected chi connectivity index (χ0v) is 14.9. The molecule has 6 heteroatoms. The molecule has 4 rings (SSSR count). The second kappa shape index (κ2) is 6.36. The molecule has 1 saturated heterocycles. The van der Waals surface area contributed by atoms with Crippen LogP contribution in [0.1, 0.15) is 21.9 Å². The summed E-state index contributed by atoms with van der Waals surface area (Å²) < 4.78 is 2.09. The molecule has 1 aromatic heterocycles. The van der Waals surface area contributed by atoms with Gasteiger partial charge in [-0.05, 0) is 35.5 Å². The number of imide groups is 1. The standard InChI is InChI=1S/C20H15N3O2S/c1-22-19(24)18(26-20(22)25)16-12-23(17-5-3-2-4-15(16)17)11-14-8-6-13(10-21)7-9-14/h2-9,12,18H,11H2,1H3. The van der Waals surface area contributed by atoms with Gasteiger partial charge in [-0.2, -0.15) is 5.26 Å². The molecule has 128 valence electrons. The Bertz CT molecular complexity index is 1060. The van der Waals surface area contributed by atoms with Crippen LogP contribution in [0.3, 0.4) is 0 Å². The molecule has 0 spiro atoms. The molecule has 5 nitrogen and oxygen atoms in total. The van der Waals surface area contributed by atoms with Crippen LogP contribution >= 0.6 is 11.8 Å². The van der Waals surface area contributed by atoms with Crippen LogP contribution in [0.4, 0.5) is 4.79 Å². The summed E-state index contributed by atoms with van der Waals surface area (Å²) in [5.41, 5.74) is 3.57. The van der Waals surface area contributed by atoms with Gasteiger partial charge in [0.1, 0.15) is 5.25 Å². The number of nitrogens with zero attached hydrogens (tertiary/aromatic N) is 3. The number of para-hydroxylation sites is 1. The Morgan fingerprint density at radius 2 is 1.85 bits per heavy atom. The van der Waals surface area contributed by atoms with Crippen LogP contribution in [0.25, 0.3) is 10.9 Å². The average molecular weight is 361 g/mol. The molecule has 2 aromatic carbocycles. The van der Waals surface area contributed by atoms with Crippen LogP contribution in [0.5, 0.6) is 0 Å². The minimum atomic E-state index is -0.500. The largest absolute Gasteiger partial charge is 0.343 e. The lowest BCUT2D eigenvalue weighted by atomic mass is 10.1. The lowest BCUT2D eigenvalue weighted by Gasteiger charge is -2.06. The van der Waals surface area contributed by atoms with Gasteiger partial charge in [0.15, 0.2) is 0 Å². The van der Waals surface area contributed by atoms with Crippen molar-refractivity contribution in [1.29, 1.82) is 5.26 Å². The van der Waals surface area contributed by atoms with Gasteiger partial charge < -0.3 is 4.57 Å². The molecule has 0 N–H and O–H groups in total. The second-order valence-corrected chi connectivity index (χ2v) is 7.26. The van der Waals surface area contributed by atoms with E-state index in [4.69, 9.17) is 5.26 Å². The van der Waals surface area contributed by atoms with E-state index in [9.17, 15) is 9.59 Å². The lowest BCUT2D eigenvalue weighted by molar-refractivity contribution is -0.125. The van der Waals surface area contributed by atoms with Crippen molar-refractivity contribution in [2.45, 2.75) is 11.8 Å². The highest BCUT2D eigenvalue weighted by Crippen LogP contribution is 2.42. The van der Waals surface area contributed by atoms with Crippen molar-refractivity contribution in [3.8, 4) is 6.07 Å². The molecule has 26 heavy (non-hydrogen) atoms. The molecule has 1 fully saturated rings. The third-order valence-electron chi connectivity index (χ3n) is 4.59. The minimum absolute atomic E-state index is 0.179. The first-order valence-corrected chi connectivity index (χ1v) is 9.01. The molecule has 1 atom stereocenters. The highest BCUT2D eigenvalue weighted by atomic mass is 32.2. The Morgan fingerprint density at radius 3 is 2.50 bits per heavy atom. The molecule has 2 amide bonds. The van der Waals surface area contributed by atoms with Crippen molar-refractivity contribution in [3.05, 3.63) is 71.4 Å². The van der Waals surface area contributed by atoms with E-state index in [1.807, 2.05) is 42.6 Å². The Kier molecular flexibility index (Phi) is 4.02. The lowest BCUT2D eigenvalue weighted by Crippen LogP contribution is -2.24. The first-order valence-electron chi connectivity index (χ1n) is 8.13. The zero-order chi connectivity index (χ0) is 18.3. The summed E-state index contributed by atoms with van der Waals surface area (Å²) in [6, 6.07) is 17.5. The van der Waals surface area contributed by atoms with Crippen molar-refractivity contribution in [2.24, 2.45) is 0 Å². The van der Waals surface area contributed by atoms with Crippen molar-refractivity contribution >= 4 is 33.8 Å². The highest BCUT2D eigenvalue weighted by molar-refractivity contribution is 8.15. The van der Waals surface area contributed by atoms with E-state index in [1.54, 1.807) is 12.1 Å². The first-order chi connectivity index (χ1) is 12.6. The molecule has 0 aliphatic carbocycles. The minimum Gasteiger partial charge on any atom is -0.343 e. The fraction of sp³-hybridized carbons (Fsp3) is 0.150. The monoisotopic (exact) mass is 361 g/mol. The van der Waals surface area contributed by atoms with Gasteiger partial charge in [-0.3, -0.25) is 14.5 Å². The molecular weight excluding hydrogens is 346 g/mol. The average Bonchev–Trinajstić information content (AvgIpc) is 3.15. The summed E-state index contributed by atoms with van der Waals surface area (Å²) in [6.07, 6.45) is 1.96. The van der Waals surface area contributed by atoms with Crippen LogP contribution in [-0.2, 0) is 11.3 Å². The SMILES string of the molecule is CN1C(=O)SC(c2cn(Cc3ccc(C#N)cc3)c3ccccc23)C1=O. The molecular formula is C20H15N3O2S. The fourth-order valence-electron chi connectivity index (χ4n) is 3.19. The molecule has 1 aliphatic heterocycles. The number of carbonyl (C=O) groups is 2. The Hall–Kier alpha value is -3.04. The van der Waals surface area contributed by atoms with Crippen molar-refractivity contribution < 1.29 is 9.59 Å². The van der Waals surface area contributed by atoms with Gasteiger partial charge in [0.2, 0.25) is 5.91 Å². The van der Waals surface area contributed by atoms with Gasteiger partial charge >= 0.3 is 0 Å². The summed E-state index contributed by atoms with van der Waals surface area (Å²) in [4.78, 5) is 25.5. The smallest absolute Gasteiger partial charge is 0.289 e. The van der Waals surface area contributed by atoms with Crippen LogP contribution in [-0.4, -0.2) is 27.7 Å². The van der Waals surface area contributed by atoms with E-state index >= 15 is 0 Å². The Balaban J connectivity index is 1.76. The second-order valence-electron chi connectivity index (χ2n) is 6.20. The van der Waals surface area contributed by atoms with Crippen LogP contribution in [0.15, 0.2) is 54.7 Å². The maximum absolute atomic E-state index is 12.4. The quantitative estimate of drug-likeness (QED) is 0.709. The number of nitriles is 1. The summed E-state index contributed by atoms with van der Waals surface area (Å²) in [5, 5.41) is 9.19. The van der Waals surface area contributed by atoms with E-state index < -0.39 is 5.25 Å². The number of likely N-dealkylation sites (N-methyl/N-ethyl adjacent to an activating group) is 1. The third kappa shape index (κ3) is 2.67. The van der Waals surface area contributed by atoms with Gasteiger partial charge in [-0.1, -0.05) is 30.3 Å². The van der Waals surface area contributed by atoms with E-state index in [-0.39, 0.29) is 11.1 Å². The first kappa shape index (κ1) is 16.4. The number of fused-ring (bicyclic) bond motifs is 1. The molecule has 3 aromatic rings. The van der Waals surface area contributed by atoms with E-state index in [2.05, 4.69) is 10.6 Å². The molecule has 0 bridgehead atoms. The molecule has 2 heterocycles. The van der Waals surface area contributed by atoms with Crippen LogP contribution in [0, 0.1) is 11.3 Å². The van der Waals surface area contributed by atoms with E-state index in [0.717, 1.165) is 33.8 Å². The number of thioether (sulfide) groups is 1. The normalized spacial score (nSPS) is 17.1. The Labute approximate surface area is 154 Å². The van der Waals surface area contributed by atoms with E-state index in [0.29, 0.717) is 12.1 Å². The topological polar surface area (TPSA) is 66.1 Å². The van der Waals surface area contributed by atoms with Crippen molar-refractivity contribution in [2.75, 3.05) is 7.05 Å². The summed E-state index contributed by atoms with van der Waals surface area (Å²) >= 11 is 1.06. The van der Waals surface area contributed by atoms with Crippen LogP contribution < -0.4 is 0 Å². The molecule has 1 aliphatic rings. The fourth-order valence-corrected chi connectivity index (χ4v) is 4.21. The summed E-state index contributed by atoms with van der Waals surface area (Å²) in [7, 11) is 1.52. The van der Waals surface area contributed by atoms with Gasteiger partial charge in [0.25, 0.3) is 5.24 Å². The molecule has 0 saturated carbocycles. The predicted molar refractivity (Wildman–Crippen MR) is 101 cm³/mol. The van der Waals surface area contributed by atoms with Gasteiger partial charge in [0, 0.05) is 36.3 Å². The number of amides is 2. The maximum atomic E-state index is 12.4. The Morgan fingerprint density at radius 1 is 1.12 bits per heavy atom. The van der Waals surface area contributed by atoms with Gasteiger partial charge in [-0.25, -0.2) is 0 Å². The zero-order valence-electron chi connectivity index (χ0n) is 14.0. The highest BCUT2D eigenvalue weighted by Gasteiger charge is 2.39. The number of benzene rings is 2. The van der Waals surface area contributed by atoms with Crippen molar-refractivity contribution in [3.63, 3.8) is 0 Å². The number of hydrogen-bond acceptors (Lipinski definition) is 4. The molecule has 0 radical (unpaired) electrons. The third-order valence-corrected chi connectivity index (χ3v) is 5.75. The van der Waals surface area contributed by atoms with Gasteiger partial charge in [-0.15, -0.1) is 0 Å². The summed E-state index contributed by atoms with van der Waals surface area (Å²) in [6.45, 7) is 0.627. The number of carbonyl (C=O) groups excluding carboxylic acids is 2. The number of aromatic nitrogens is 1. The maximum Gasteiger partial charge on any atom is 0.289 e. The van der Waals surface area contributed by atoms with Crippen molar-refractivity contribution in [1.82, 2.24) is 9.47 Å². The predicted octanol–water partition coefficient (Wildman–Crippen LogP) is 3.93. The molecule has 1 unspecified atom stereocenters. The number of rotatable bonds is 3.